The van der Waals surface area contributed by atoms with Crippen molar-refractivity contribution in [2.24, 2.45) is 5.92 Å². The van der Waals surface area contributed by atoms with E-state index in [1.165, 1.54) is 12.3 Å². The van der Waals surface area contributed by atoms with E-state index in [1.807, 2.05) is 13.8 Å². The Morgan fingerprint density at radius 2 is 2.06 bits per heavy atom. The number of rotatable bonds is 7. The molecule has 1 saturated heterocycles. The van der Waals surface area contributed by atoms with Crippen LogP contribution in [0.5, 0.6) is 5.88 Å². The van der Waals surface area contributed by atoms with Crippen LogP contribution in [0.2, 0.25) is 0 Å². The second-order valence-electron chi connectivity index (χ2n) is 8.22. The lowest BCUT2D eigenvalue weighted by Crippen LogP contribution is -2.44. The van der Waals surface area contributed by atoms with E-state index in [9.17, 15) is 19.8 Å². The summed E-state index contributed by atoms with van der Waals surface area (Å²) in [6, 6.07) is 1.37. The molecule has 1 aromatic rings. The third-order valence-electron chi connectivity index (χ3n) is 5.53. The van der Waals surface area contributed by atoms with Gasteiger partial charge in [-0.25, -0.2) is 9.18 Å². The van der Waals surface area contributed by atoms with Crippen molar-refractivity contribution in [3.63, 3.8) is 0 Å². The first-order valence-corrected chi connectivity index (χ1v) is 10.5. The molecule has 10 heteroatoms. The molecule has 4 atom stereocenters. The number of carbonyl (C=O) groups excluding carboxylic acids is 1. The van der Waals surface area contributed by atoms with E-state index in [1.54, 1.807) is 6.08 Å². The van der Waals surface area contributed by atoms with E-state index < -0.39 is 42.6 Å². The third-order valence-corrected chi connectivity index (χ3v) is 5.53. The molecule has 0 bridgehead atoms. The van der Waals surface area contributed by atoms with Crippen molar-refractivity contribution in [1.82, 2.24) is 9.55 Å². The van der Waals surface area contributed by atoms with Gasteiger partial charge in [0.1, 0.15) is 18.8 Å². The number of esters is 1. The predicted octanol–water partition coefficient (Wildman–Crippen LogP) is 1.63. The average molecular weight is 440 g/mol. The first-order chi connectivity index (χ1) is 14.7. The third kappa shape index (κ3) is 5.50. The minimum atomic E-state index is -2.85. The summed E-state index contributed by atoms with van der Waals surface area (Å²) in [6.45, 7) is 3.13. The number of alkyl halides is 1. The quantitative estimate of drug-likeness (QED) is 0.485. The summed E-state index contributed by atoms with van der Waals surface area (Å²) < 4.78 is 31.6. The van der Waals surface area contributed by atoms with Crippen LogP contribution in [-0.2, 0) is 14.3 Å². The van der Waals surface area contributed by atoms with Crippen LogP contribution in [0.3, 0.4) is 0 Å². The zero-order valence-electron chi connectivity index (χ0n) is 17.7. The Hall–Kier alpha value is -2.30. The Morgan fingerprint density at radius 3 is 2.71 bits per heavy atom. The Labute approximate surface area is 179 Å². The number of hydrogen-bond acceptors (Lipinski definition) is 8. The largest absolute Gasteiger partial charge is 0.473 e. The Bertz CT molecular complexity index is 864. The van der Waals surface area contributed by atoms with Crippen molar-refractivity contribution in [3.05, 3.63) is 34.4 Å². The Balaban J connectivity index is 1.65. The average Bonchev–Trinajstić information content (AvgIpc) is 2.97. The van der Waals surface area contributed by atoms with E-state index >= 15 is 4.39 Å². The van der Waals surface area contributed by atoms with E-state index in [0.29, 0.717) is 12.8 Å². The van der Waals surface area contributed by atoms with Crippen LogP contribution >= 0.6 is 0 Å². The lowest BCUT2D eigenvalue weighted by atomic mass is 9.89. The SMILES string of the molecule is CC(C)=CCOc1ccn([C@@H]2O[C@](F)(COC(=O)C3CCCCC3)[C@@H](O)[C@H]2O)c(=O)n1. The fraction of sp³-hybridized carbons (Fsp3) is 0.667. The lowest BCUT2D eigenvalue weighted by molar-refractivity contribution is -0.218. The van der Waals surface area contributed by atoms with Crippen molar-refractivity contribution in [1.29, 1.82) is 0 Å². The molecule has 1 aliphatic carbocycles. The lowest BCUT2D eigenvalue weighted by Gasteiger charge is -2.25. The van der Waals surface area contributed by atoms with Crippen LogP contribution in [0.25, 0.3) is 0 Å². The van der Waals surface area contributed by atoms with Crippen LogP contribution in [0, 0.1) is 5.92 Å². The standard InChI is InChI=1S/C21H29FN2O7/c1-13(2)9-11-29-15-8-10-24(20(28)23-15)18-16(25)17(26)21(22,31-18)12-30-19(27)14-6-4-3-5-7-14/h8-10,14,16-18,25-26H,3-7,11-12H2,1-2H3/t16-,17+,18-,21-/m1/s1. The van der Waals surface area contributed by atoms with Crippen molar-refractivity contribution in [3.8, 4) is 5.88 Å². The molecule has 2 fully saturated rings. The summed E-state index contributed by atoms with van der Waals surface area (Å²) in [5.41, 5.74) is 0.183. The number of aliphatic hydroxyl groups excluding tert-OH is 2. The highest BCUT2D eigenvalue weighted by atomic mass is 19.2. The summed E-state index contributed by atoms with van der Waals surface area (Å²) in [7, 11) is 0. The monoisotopic (exact) mass is 440 g/mol. The second kappa shape index (κ2) is 9.88. The van der Waals surface area contributed by atoms with Gasteiger partial charge in [0, 0.05) is 12.3 Å². The number of aromatic nitrogens is 2. The van der Waals surface area contributed by atoms with Gasteiger partial charge in [-0.1, -0.05) is 24.8 Å². The molecule has 1 saturated carbocycles. The number of aliphatic hydroxyl groups is 2. The summed E-state index contributed by atoms with van der Waals surface area (Å²) in [5, 5.41) is 20.5. The molecule has 0 unspecified atom stereocenters. The van der Waals surface area contributed by atoms with Crippen molar-refractivity contribution < 1.29 is 33.6 Å². The normalized spacial score (nSPS) is 28.9. The molecule has 2 aliphatic rings. The van der Waals surface area contributed by atoms with Gasteiger partial charge in [0.2, 0.25) is 5.88 Å². The molecule has 0 aromatic carbocycles. The molecule has 31 heavy (non-hydrogen) atoms. The van der Waals surface area contributed by atoms with Gasteiger partial charge < -0.3 is 24.4 Å². The number of hydrogen-bond donors (Lipinski definition) is 2. The number of ether oxygens (including phenoxy) is 3. The maximum atomic E-state index is 15.2. The molecule has 1 aromatic heterocycles. The molecule has 0 radical (unpaired) electrons. The van der Waals surface area contributed by atoms with E-state index in [4.69, 9.17) is 14.2 Å². The van der Waals surface area contributed by atoms with Gasteiger partial charge in [-0.2, -0.15) is 4.98 Å². The number of nitrogens with zero attached hydrogens (tertiary/aromatic N) is 2. The topological polar surface area (TPSA) is 120 Å². The first-order valence-electron chi connectivity index (χ1n) is 10.5. The summed E-state index contributed by atoms with van der Waals surface area (Å²) >= 11 is 0. The molecule has 9 nitrogen and oxygen atoms in total. The van der Waals surface area contributed by atoms with E-state index in [-0.39, 0.29) is 18.4 Å². The molecule has 0 amide bonds. The van der Waals surface area contributed by atoms with Crippen LogP contribution in [0.15, 0.2) is 28.7 Å². The van der Waals surface area contributed by atoms with Gasteiger partial charge in [0.25, 0.3) is 5.85 Å². The molecular formula is C21H29FN2O7. The smallest absolute Gasteiger partial charge is 0.353 e. The number of carbonyl (C=O) groups is 1. The first kappa shape index (κ1) is 23.4. The van der Waals surface area contributed by atoms with Crippen molar-refractivity contribution in [2.75, 3.05) is 13.2 Å². The molecule has 2 N–H and O–H groups in total. The maximum absolute atomic E-state index is 15.2. The molecular weight excluding hydrogens is 411 g/mol. The highest BCUT2D eigenvalue weighted by Gasteiger charge is 2.57. The zero-order valence-corrected chi connectivity index (χ0v) is 17.7. The van der Waals surface area contributed by atoms with Gasteiger partial charge in [-0.3, -0.25) is 9.36 Å². The van der Waals surface area contributed by atoms with Gasteiger partial charge in [0.05, 0.1) is 5.92 Å². The van der Waals surface area contributed by atoms with Crippen molar-refractivity contribution >= 4 is 5.97 Å². The second-order valence-corrected chi connectivity index (χ2v) is 8.22. The summed E-state index contributed by atoms with van der Waals surface area (Å²) in [6.07, 6.45) is 1.93. The Kier molecular flexibility index (Phi) is 7.45. The summed E-state index contributed by atoms with van der Waals surface area (Å²) in [4.78, 5) is 28.3. The summed E-state index contributed by atoms with van der Waals surface area (Å²) in [5.74, 6) is -3.66. The van der Waals surface area contributed by atoms with E-state index in [2.05, 4.69) is 4.98 Å². The Morgan fingerprint density at radius 1 is 1.35 bits per heavy atom. The van der Waals surface area contributed by atoms with E-state index in [0.717, 1.165) is 29.4 Å². The van der Waals surface area contributed by atoms with Gasteiger partial charge >= 0.3 is 11.7 Å². The molecule has 172 valence electrons. The molecule has 2 heterocycles. The minimum Gasteiger partial charge on any atom is -0.473 e. The predicted molar refractivity (Wildman–Crippen MR) is 107 cm³/mol. The molecule has 3 rings (SSSR count). The molecule has 0 spiro atoms. The minimum absolute atomic E-state index is 0.0553. The fourth-order valence-electron chi connectivity index (χ4n) is 3.68. The van der Waals surface area contributed by atoms with Crippen LogP contribution < -0.4 is 10.4 Å². The fourth-order valence-corrected chi connectivity index (χ4v) is 3.68. The number of halogens is 1. The van der Waals surface area contributed by atoms with Crippen LogP contribution in [0.4, 0.5) is 4.39 Å². The maximum Gasteiger partial charge on any atom is 0.353 e. The van der Waals surface area contributed by atoms with Gasteiger partial charge in [-0.15, -0.1) is 0 Å². The highest BCUT2D eigenvalue weighted by Crippen LogP contribution is 2.38. The van der Waals surface area contributed by atoms with Gasteiger partial charge in [0.15, 0.2) is 12.8 Å². The van der Waals surface area contributed by atoms with Crippen molar-refractivity contribution in [2.45, 2.75) is 70.2 Å². The molecule has 1 aliphatic heterocycles. The zero-order chi connectivity index (χ0) is 22.6. The van der Waals surface area contributed by atoms with Crippen LogP contribution in [0.1, 0.15) is 52.2 Å². The van der Waals surface area contributed by atoms with Crippen LogP contribution in [-0.4, -0.2) is 57.0 Å². The number of allylic oxidation sites excluding steroid dienone is 1. The highest BCUT2D eigenvalue weighted by molar-refractivity contribution is 5.72. The van der Waals surface area contributed by atoms with Gasteiger partial charge in [-0.05, 0) is 32.8 Å².